The third kappa shape index (κ3) is 3.28. The molecule has 1 atom stereocenters. The number of nitrogens with zero attached hydrogens (tertiary/aromatic N) is 3. The summed E-state index contributed by atoms with van der Waals surface area (Å²) in [6.45, 7) is 1.64. The van der Waals surface area contributed by atoms with Gasteiger partial charge in [-0.3, -0.25) is 9.36 Å². The summed E-state index contributed by atoms with van der Waals surface area (Å²) in [5, 5.41) is 4.08. The van der Waals surface area contributed by atoms with Crippen molar-refractivity contribution in [1.29, 1.82) is 0 Å². The molecule has 0 radical (unpaired) electrons. The molecule has 0 amide bonds. The molecule has 0 fully saturated rings. The summed E-state index contributed by atoms with van der Waals surface area (Å²) < 4.78 is 22.4. The Kier molecular flexibility index (Phi) is 4.88. The molecule has 0 spiro atoms. The van der Waals surface area contributed by atoms with E-state index in [9.17, 15) is 9.18 Å². The topological polar surface area (TPSA) is 49.0 Å². The quantitative estimate of drug-likeness (QED) is 0.629. The summed E-state index contributed by atoms with van der Waals surface area (Å²) in [6.07, 6.45) is 4.69. The third-order valence-corrected chi connectivity index (χ3v) is 3.97. The maximum Gasteiger partial charge on any atom is 0.280 e. The molecule has 23 heavy (non-hydrogen) atoms. The number of ether oxygens (including phenoxy) is 1. The molecule has 1 heterocycles. The smallest absolute Gasteiger partial charge is 0.280 e. The van der Waals surface area contributed by atoms with Crippen LogP contribution in [0, 0.1) is 22.9 Å². The predicted octanol–water partition coefficient (Wildman–Crippen LogP) is 2.71. The normalized spacial score (nSPS) is 11.8. The Morgan fingerprint density at radius 2 is 2.13 bits per heavy atom. The zero-order valence-corrected chi connectivity index (χ0v) is 14.2. The molecular weight excluding hydrogens is 341 g/mol. The highest BCUT2D eigenvalue weighted by Crippen LogP contribution is 2.32. The fourth-order valence-corrected chi connectivity index (χ4v) is 2.21. The molecule has 1 aromatic heterocycles. The zero-order chi connectivity index (χ0) is 17.3. The van der Waals surface area contributed by atoms with Gasteiger partial charge >= 0.3 is 0 Å². The summed E-state index contributed by atoms with van der Waals surface area (Å²) in [7, 11) is 3.05. The van der Waals surface area contributed by atoms with Crippen LogP contribution in [-0.4, -0.2) is 20.5 Å². The molecule has 0 aliphatic rings. The number of aryl methyl sites for hydroxylation is 1. The molecule has 0 aliphatic heterocycles. The summed E-state index contributed by atoms with van der Waals surface area (Å²) in [6, 6.07) is 2.36. The molecule has 1 aromatic carbocycles. The van der Waals surface area contributed by atoms with Crippen molar-refractivity contribution in [2.45, 2.75) is 13.0 Å². The molecule has 120 valence electrons. The van der Waals surface area contributed by atoms with E-state index >= 15 is 0 Å². The number of aromatic nitrogens is 3. The molecule has 2 aromatic rings. The van der Waals surface area contributed by atoms with Crippen LogP contribution in [0.2, 0.25) is 5.02 Å². The Morgan fingerprint density at radius 3 is 2.74 bits per heavy atom. The highest BCUT2D eigenvalue weighted by atomic mass is 35.5. The zero-order valence-electron chi connectivity index (χ0n) is 12.6. The summed E-state index contributed by atoms with van der Waals surface area (Å²) >= 11 is 11.0. The van der Waals surface area contributed by atoms with Gasteiger partial charge < -0.3 is 4.74 Å². The average Bonchev–Trinajstić information content (AvgIpc) is 2.51. The van der Waals surface area contributed by atoms with Crippen LogP contribution in [-0.2, 0) is 14.1 Å². The van der Waals surface area contributed by atoms with E-state index in [1.165, 1.54) is 22.4 Å². The summed E-state index contributed by atoms with van der Waals surface area (Å²) in [5.74, 6) is 1.85. The Balaban J connectivity index is 2.70. The van der Waals surface area contributed by atoms with E-state index in [2.05, 4.69) is 11.0 Å². The first kappa shape index (κ1) is 17.2. The summed E-state index contributed by atoms with van der Waals surface area (Å²) in [5.41, 5.74) is -0.666. The van der Waals surface area contributed by atoms with Crippen molar-refractivity contribution in [3.63, 3.8) is 0 Å². The van der Waals surface area contributed by atoms with E-state index in [1.54, 1.807) is 14.0 Å². The van der Waals surface area contributed by atoms with Crippen LogP contribution in [0.5, 0.6) is 5.75 Å². The fourth-order valence-electron chi connectivity index (χ4n) is 1.89. The van der Waals surface area contributed by atoms with E-state index in [0.29, 0.717) is 0 Å². The molecule has 0 bridgehead atoms. The predicted molar refractivity (Wildman–Crippen MR) is 88.6 cm³/mol. The monoisotopic (exact) mass is 353 g/mol. The molecule has 0 N–H and O–H groups in total. The van der Waals surface area contributed by atoms with Crippen LogP contribution in [0.4, 0.5) is 4.39 Å². The Hall–Kier alpha value is -2.17. The number of halogens is 2. The lowest BCUT2D eigenvalue weighted by atomic mass is 10.1. The minimum atomic E-state index is -0.697. The van der Waals surface area contributed by atoms with Gasteiger partial charge in [0.25, 0.3) is 5.56 Å². The van der Waals surface area contributed by atoms with Gasteiger partial charge in [0.15, 0.2) is 16.6 Å². The van der Waals surface area contributed by atoms with Crippen molar-refractivity contribution >= 4 is 23.8 Å². The van der Waals surface area contributed by atoms with Gasteiger partial charge in [0.05, 0.1) is 5.02 Å². The first-order valence-electron chi connectivity index (χ1n) is 6.52. The molecule has 2 rings (SSSR count). The number of terminal acetylenes is 1. The molecule has 5 nitrogen and oxygen atoms in total. The van der Waals surface area contributed by atoms with Crippen LogP contribution in [0.15, 0.2) is 16.9 Å². The molecular formula is C15H13ClFN3O2S. The largest absolute Gasteiger partial charge is 0.476 e. The van der Waals surface area contributed by atoms with Crippen molar-refractivity contribution in [2.75, 3.05) is 0 Å². The second kappa shape index (κ2) is 6.52. The van der Waals surface area contributed by atoms with Crippen LogP contribution < -0.4 is 10.3 Å². The number of benzene rings is 1. The first-order chi connectivity index (χ1) is 10.8. The molecule has 0 saturated heterocycles. The maximum absolute atomic E-state index is 14.3. The van der Waals surface area contributed by atoms with Crippen LogP contribution >= 0.6 is 23.8 Å². The number of rotatable bonds is 3. The first-order valence-corrected chi connectivity index (χ1v) is 7.31. The third-order valence-electron chi connectivity index (χ3n) is 3.14. The lowest BCUT2D eigenvalue weighted by Gasteiger charge is -2.13. The van der Waals surface area contributed by atoms with Gasteiger partial charge in [-0.05, 0) is 31.3 Å². The van der Waals surface area contributed by atoms with Gasteiger partial charge in [-0.1, -0.05) is 17.5 Å². The lowest BCUT2D eigenvalue weighted by molar-refractivity contribution is 0.279. The van der Waals surface area contributed by atoms with Crippen LogP contribution in [0.25, 0.3) is 11.3 Å². The highest BCUT2D eigenvalue weighted by Gasteiger charge is 2.18. The van der Waals surface area contributed by atoms with Gasteiger partial charge in [-0.2, -0.15) is 5.10 Å². The van der Waals surface area contributed by atoms with Gasteiger partial charge in [0.2, 0.25) is 0 Å². The fraction of sp³-hybridized carbons (Fsp3) is 0.267. The van der Waals surface area contributed by atoms with Crippen molar-refractivity contribution in [1.82, 2.24) is 14.3 Å². The van der Waals surface area contributed by atoms with Crippen molar-refractivity contribution in [2.24, 2.45) is 14.1 Å². The van der Waals surface area contributed by atoms with E-state index in [1.807, 2.05) is 0 Å². The highest BCUT2D eigenvalue weighted by molar-refractivity contribution is 7.71. The standard InChI is InChI=1S/C15H13ClFN3O2S/c1-5-8(2)22-12-6-9(11(17)7-10(12)16)13-14(21)19(3)15(23)20(4)18-13/h1,6-8H,2-4H3. The van der Waals surface area contributed by atoms with E-state index in [4.69, 9.17) is 35.0 Å². The van der Waals surface area contributed by atoms with Crippen molar-refractivity contribution in [3.05, 3.63) is 38.1 Å². The Morgan fingerprint density at radius 1 is 1.48 bits per heavy atom. The van der Waals surface area contributed by atoms with Gasteiger partial charge in [-0.25, -0.2) is 9.07 Å². The van der Waals surface area contributed by atoms with Gasteiger partial charge in [-0.15, -0.1) is 6.42 Å². The second-order valence-electron chi connectivity index (χ2n) is 4.81. The van der Waals surface area contributed by atoms with E-state index < -0.39 is 17.5 Å². The second-order valence-corrected chi connectivity index (χ2v) is 5.58. The number of hydrogen-bond acceptors (Lipinski definition) is 4. The molecule has 1 unspecified atom stereocenters. The van der Waals surface area contributed by atoms with Crippen LogP contribution in [0.3, 0.4) is 0 Å². The van der Waals surface area contributed by atoms with E-state index in [-0.39, 0.29) is 26.8 Å². The number of hydrogen-bond donors (Lipinski definition) is 0. The van der Waals surface area contributed by atoms with Gasteiger partial charge in [0.1, 0.15) is 11.6 Å². The molecule has 0 saturated carbocycles. The average molecular weight is 354 g/mol. The van der Waals surface area contributed by atoms with Crippen molar-refractivity contribution in [3.8, 4) is 29.4 Å². The maximum atomic E-state index is 14.3. The Bertz CT molecular complexity index is 930. The summed E-state index contributed by atoms with van der Waals surface area (Å²) in [4.78, 5) is 12.3. The minimum absolute atomic E-state index is 0.0418. The van der Waals surface area contributed by atoms with Gasteiger partial charge in [0, 0.05) is 19.7 Å². The van der Waals surface area contributed by atoms with E-state index in [0.717, 1.165) is 6.07 Å². The SMILES string of the molecule is C#CC(C)Oc1cc(-c2nn(C)c(=S)n(C)c2=O)c(F)cc1Cl. The Labute approximate surface area is 142 Å². The minimum Gasteiger partial charge on any atom is -0.476 e. The lowest BCUT2D eigenvalue weighted by Crippen LogP contribution is -2.26. The van der Waals surface area contributed by atoms with Crippen LogP contribution in [0.1, 0.15) is 6.92 Å². The van der Waals surface area contributed by atoms with Crippen molar-refractivity contribution < 1.29 is 9.13 Å². The molecule has 8 heteroatoms. The molecule has 0 aliphatic carbocycles.